The van der Waals surface area contributed by atoms with Crippen LogP contribution in [0, 0.1) is 0 Å². The lowest BCUT2D eigenvalue weighted by Gasteiger charge is -2.10. The Hall–Kier alpha value is -3.27. The number of aliphatic carboxylic acids is 1. The predicted octanol–water partition coefficient (Wildman–Crippen LogP) is 4.48. The molecular weight excluding hydrogens is 316 g/mol. The van der Waals surface area contributed by atoms with Crippen LogP contribution in [0.15, 0.2) is 60.7 Å². The maximum absolute atomic E-state index is 11.9. The Balaban J connectivity index is 2.16. The Labute approximate surface area is 145 Å². The van der Waals surface area contributed by atoms with Gasteiger partial charge in [-0.2, -0.15) is 0 Å². The van der Waals surface area contributed by atoms with E-state index in [0.29, 0.717) is 17.1 Å². The van der Waals surface area contributed by atoms with Crippen molar-refractivity contribution in [2.75, 3.05) is 14.2 Å². The minimum Gasteiger partial charge on any atom is -0.493 e. The van der Waals surface area contributed by atoms with Gasteiger partial charge < -0.3 is 14.6 Å². The molecule has 0 saturated heterocycles. The summed E-state index contributed by atoms with van der Waals surface area (Å²) in [6.07, 6.45) is 1.64. The summed E-state index contributed by atoms with van der Waals surface area (Å²) in [7, 11) is 3.11. The third-order valence-electron chi connectivity index (χ3n) is 4.03. The fourth-order valence-corrected chi connectivity index (χ4v) is 2.82. The summed E-state index contributed by atoms with van der Waals surface area (Å²) in [6.45, 7) is 0. The molecule has 0 heterocycles. The number of ether oxygens (including phenoxy) is 2. The van der Waals surface area contributed by atoms with Gasteiger partial charge in [-0.25, -0.2) is 4.79 Å². The average Bonchev–Trinajstić information content (AvgIpc) is 2.65. The van der Waals surface area contributed by atoms with Crippen LogP contribution in [0.25, 0.3) is 22.4 Å². The highest BCUT2D eigenvalue weighted by molar-refractivity contribution is 6.23. The Kier molecular flexibility index (Phi) is 4.70. The molecule has 0 aliphatic heterocycles. The molecule has 0 saturated carbocycles. The van der Waals surface area contributed by atoms with Gasteiger partial charge in [-0.15, -0.1) is 0 Å². The van der Waals surface area contributed by atoms with Crippen LogP contribution in [0.5, 0.6) is 11.5 Å². The van der Waals surface area contributed by atoms with Crippen molar-refractivity contribution >= 4 is 28.4 Å². The summed E-state index contributed by atoms with van der Waals surface area (Å²) in [5.74, 6) is 0.173. The van der Waals surface area contributed by atoms with Crippen molar-refractivity contribution in [3.05, 3.63) is 71.8 Å². The maximum Gasteiger partial charge on any atom is 0.336 e. The van der Waals surface area contributed by atoms with E-state index < -0.39 is 5.97 Å². The van der Waals surface area contributed by atoms with Crippen molar-refractivity contribution in [2.24, 2.45) is 0 Å². The summed E-state index contributed by atoms with van der Waals surface area (Å²) < 4.78 is 10.5. The Morgan fingerprint density at radius 2 is 1.64 bits per heavy atom. The van der Waals surface area contributed by atoms with Crippen molar-refractivity contribution < 1.29 is 19.4 Å². The molecule has 0 atom stereocenters. The highest BCUT2D eigenvalue weighted by Gasteiger charge is 2.14. The van der Waals surface area contributed by atoms with Gasteiger partial charge in [-0.05, 0) is 40.1 Å². The third kappa shape index (κ3) is 3.33. The second kappa shape index (κ2) is 7.09. The Morgan fingerprint density at radius 1 is 0.920 bits per heavy atom. The molecule has 3 rings (SSSR count). The molecule has 1 N–H and O–H groups in total. The zero-order valence-corrected chi connectivity index (χ0v) is 14.0. The number of fused-ring (bicyclic) bond motifs is 1. The molecule has 3 aromatic rings. The Morgan fingerprint density at radius 3 is 2.36 bits per heavy atom. The molecule has 0 radical (unpaired) electrons. The van der Waals surface area contributed by atoms with Gasteiger partial charge in [0.15, 0.2) is 11.5 Å². The molecule has 0 unspecified atom stereocenters. The molecule has 0 aromatic heterocycles. The van der Waals surface area contributed by atoms with E-state index in [1.54, 1.807) is 38.5 Å². The predicted molar refractivity (Wildman–Crippen MR) is 99.0 cm³/mol. The molecular formula is C21H18O4. The van der Waals surface area contributed by atoms with Crippen LogP contribution in [0.4, 0.5) is 0 Å². The van der Waals surface area contributed by atoms with Crippen molar-refractivity contribution in [1.29, 1.82) is 0 Å². The number of hydrogen-bond acceptors (Lipinski definition) is 3. The summed E-state index contributed by atoms with van der Waals surface area (Å²) >= 11 is 0. The van der Waals surface area contributed by atoms with Crippen molar-refractivity contribution in [3.63, 3.8) is 0 Å². The van der Waals surface area contributed by atoms with E-state index >= 15 is 0 Å². The highest BCUT2D eigenvalue weighted by atomic mass is 16.5. The van der Waals surface area contributed by atoms with Gasteiger partial charge in [0.2, 0.25) is 0 Å². The quantitative estimate of drug-likeness (QED) is 0.552. The molecule has 4 heteroatoms. The summed E-state index contributed by atoms with van der Waals surface area (Å²) in [4.78, 5) is 11.9. The zero-order chi connectivity index (χ0) is 17.8. The molecule has 25 heavy (non-hydrogen) atoms. The molecule has 0 amide bonds. The van der Waals surface area contributed by atoms with Gasteiger partial charge >= 0.3 is 5.97 Å². The number of hydrogen-bond donors (Lipinski definition) is 1. The molecule has 3 aromatic carbocycles. The van der Waals surface area contributed by atoms with E-state index in [-0.39, 0.29) is 5.57 Å². The normalized spacial score (nSPS) is 11.4. The molecule has 0 spiro atoms. The van der Waals surface area contributed by atoms with E-state index in [2.05, 4.69) is 0 Å². The zero-order valence-electron chi connectivity index (χ0n) is 14.0. The molecule has 0 aliphatic rings. The SMILES string of the molecule is COc1ccc(/C=C(\C(=O)O)c2cccc3ccccc23)cc1OC. The average molecular weight is 334 g/mol. The summed E-state index contributed by atoms with van der Waals surface area (Å²) in [5, 5.41) is 11.7. The third-order valence-corrected chi connectivity index (χ3v) is 4.03. The fraction of sp³-hybridized carbons (Fsp3) is 0.0952. The number of methoxy groups -OCH3 is 2. The van der Waals surface area contributed by atoms with Crippen LogP contribution in [-0.4, -0.2) is 25.3 Å². The molecule has 126 valence electrons. The second-order valence-electron chi connectivity index (χ2n) is 5.50. The van der Waals surface area contributed by atoms with E-state index in [4.69, 9.17) is 9.47 Å². The molecule has 4 nitrogen and oxygen atoms in total. The first kappa shape index (κ1) is 16.6. The highest BCUT2D eigenvalue weighted by Crippen LogP contribution is 2.31. The molecule has 0 bridgehead atoms. The number of carboxylic acids is 1. The van der Waals surface area contributed by atoms with E-state index in [0.717, 1.165) is 16.3 Å². The van der Waals surface area contributed by atoms with Crippen LogP contribution >= 0.6 is 0 Å². The van der Waals surface area contributed by atoms with Gasteiger partial charge in [0.1, 0.15) is 0 Å². The first-order valence-electron chi connectivity index (χ1n) is 7.79. The van der Waals surface area contributed by atoms with Crippen LogP contribution in [0.1, 0.15) is 11.1 Å². The topological polar surface area (TPSA) is 55.8 Å². The fourth-order valence-electron chi connectivity index (χ4n) is 2.82. The van der Waals surface area contributed by atoms with Gasteiger partial charge in [0, 0.05) is 0 Å². The lowest BCUT2D eigenvalue weighted by Crippen LogP contribution is -2.00. The van der Waals surface area contributed by atoms with E-state index in [1.165, 1.54) is 0 Å². The standard InChI is InChI=1S/C21H18O4/c1-24-19-11-10-14(13-20(19)25-2)12-18(21(22)23)17-9-5-7-15-6-3-4-8-16(15)17/h3-13H,1-2H3,(H,22,23)/b18-12-. The minimum absolute atomic E-state index is 0.226. The largest absolute Gasteiger partial charge is 0.493 e. The van der Waals surface area contributed by atoms with Crippen LogP contribution in [0.3, 0.4) is 0 Å². The first-order valence-corrected chi connectivity index (χ1v) is 7.79. The summed E-state index contributed by atoms with van der Waals surface area (Å²) in [6, 6.07) is 18.7. The monoisotopic (exact) mass is 334 g/mol. The number of carboxylic acid groups (broad SMARTS) is 1. The number of carbonyl (C=O) groups is 1. The number of benzene rings is 3. The second-order valence-corrected chi connectivity index (χ2v) is 5.50. The Bertz CT molecular complexity index is 952. The van der Waals surface area contributed by atoms with Gasteiger partial charge in [-0.1, -0.05) is 48.5 Å². The lowest BCUT2D eigenvalue weighted by molar-refractivity contribution is -0.130. The maximum atomic E-state index is 11.9. The van der Waals surface area contributed by atoms with Crippen LogP contribution in [0.2, 0.25) is 0 Å². The van der Waals surface area contributed by atoms with Crippen molar-refractivity contribution in [2.45, 2.75) is 0 Å². The summed E-state index contributed by atoms with van der Waals surface area (Å²) in [5.41, 5.74) is 1.63. The van der Waals surface area contributed by atoms with E-state index in [1.807, 2.05) is 42.5 Å². The van der Waals surface area contributed by atoms with Crippen molar-refractivity contribution in [1.82, 2.24) is 0 Å². The van der Waals surface area contributed by atoms with Crippen molar-refractivity contribution in [3.8, 4) is 11.5 Å². The van der Waals surface area contributed by atoms with Gasteiger partial charge in [0.05, 0.1) is 19.8 Å². The first-order chi connectivity index (χ1) is 12.1. The van der Waals surface area contributed by atoms with Crippen LogP contribution in [-0.2, 0) is 4.79 Å². The smallest absolute Gasteiger partial charge is 0.336 e. The minimum atomic E-state index is -0.980. The van der Waals surface area contributed by atoms with Crippen LogP contribution < -0.4 is 9.47 Å². The molecule has 0 fully saturated rings. The van der Waals surface area contributed by atoms with E-state index in [9.17, 15) is 9.90 Å². The number of rotatable bonds is 5. The molecule has 0 aliphatic carbocycles. The lowest BCUT2D eigenvalue weighted by atomic mass is 9.96. The van der Waals surface area contributed by atoms with Gasteiger partial charge in [-0.3, -0.25) is 0 Å². The van der Waals surface area contributed by atoms with Gasteiger partial charge in [0.25, 0.3) is 0 Å².